The van der Waals surface area contributed by atoms with E-state index in [1.807, 2.05) is 12.1 Å². The number of aliphatic hydroxyl groups is 1. The highest BCUT2D eigenvalue weighted by atomic mass is 79.9. The molecule has 1 aromatic rings. The first-order valence-corrected chi connectivity index (χ1v) is 6.65. The van der Waals surface area contributed by atoms with E-state index in [0.717, 1.165) is 29.7 Å². The van der Waals surface area contributed by atoms with Crippen LogP contribution in [0, 0.1) is 0 Å². The van der Waals surface area contributed by atoms with Crippen molar-refractivity contribution in [1.29, 1.82) is 0 Å². The summed E-state index contributed by atoms with van der Waals surface area (Å²) < 4.78 is 6.24. The molecule has 1 aromatic heterocycles. The lowest BCUT2D eigenvalue weighted by atomic mass is 9.92. The molecule has 3 atom stereocenters. The largest absolute Gasteiger partial charge is 0.453 e. The van der Waals surface area contributed by atoms with E-state index in [1.165, 1.54) is 6.42 Å². The molecule has 2 N–H and O–H groups in total. The predicted molar refractivity (Wildman–Crippen MR) is 66.2 cm³/mol. The highest BCUT2D eigenvalue weighted by molar-refractivity contribution is 9.10. The normalized spacial score (nSPS) is 27.9. The quantitative estimate of drug-likeness (QED) is 0.898. The average Bonchev–Trinajstić information content (AvgIpc) is 2.68. The Bertz CT molecular complexity index is 340. The summed E-state index contributed by atoms with van der Waals surface area (Å²) in [6.07, 6.45) is 4.08. The first-order valence-electron chi connectivity index (χ1n) is 5.86. The van der Waals surface area contributed by atoms with Crippen LogP contribution >= 0.6 is 15.9 Å². The van der Waals surface area contributed by atoms with Gasteiger partial charge in [-0.25, -0.2) is 0 Å². The number of furan rings is 1. The van der Waals surface area contributed by atoms with Crippen LogP contribution in [-0.2, 0) is 0 Å². The zero-order valence-corrected chi connectivity index (χ0v) is 11.0. The highest BCUT2D eigenvalue weighted by Gasteiger charge is 2.25. The Morgan fingerprint density at radius 1 is 1.44 bits per heavy atom. The lowest BCUT2D eigenvalue weighted by molar-refractivity contribution is 0.0844. The summed E-state index contributed by atoms with van der Waals surface area (Å²) in [5, 5.41) is 13.3. The SMILES string of the molecule is CC(NC1CCCCC1O)c1ccc(Br)o1. The summed E-state index contributed by atoms with van der Waals surface area (Å²) in [5.41, 5.74) is 0. The minimum absolute atomic E-state index is 0.143. The van der Waals surface area contributed by atoms with E-state index in [1.54, 1.807) is 0 Å². The third kappa shape index (κ3) is 2.87. The monoisotopic (exact) mass is 287 g/mol. The van der Waals surface area contributed by atoms with Gasteiger partial charge in [0, 0.05) is 6.04 Å². The van der Waals surface area contributed by atoms with Crippen molar-refractivity contribution in [3.63, 3.8) is 0 Å². The van der Waals surface area contributed by atoms with Gasteiger partial charge in [-0.2, -0.15) is 0 Å². The van der Waals surface area contributed by atoms with Crippen molar-refractivity contribution in [2.45, 2.75) is 50.8 Å². The van der Waals surface area contributed by atoms with Gasteiger partial charge in [0.1, 0.15) is 5.76 Å². The van der Waals surface area contributed by atoms with E-state index in [0.29, 0.717) is 0 Å². The van der Waals surface area contributed by atoms with Crippen LogP contribution in [-0.4, -0.2) is 17.3 Å². The molecule has 3 unspecified atom stereocenters. The Morgan fingerprint density at radius 2 is 2.19 bits per heavy atom. The summed E-state index contributed by atoms with van der Waals surface area (Å²) >= 11 is 3.29. The van der Waals surface area contributed by atoms with E-state index in [9.17, 15) is 5.11 Å². The van der Waals surface area contributed by atoms with Crippen LogP contribution in [0.2, 0.25) is 0 Å². The lowest BCUT2D eigenvalue weighted by Crippen LogP contribution is -2.43. The molecule has 0 aliphatic heterocycles. The standard InChI is InChI=1S/C12H18BrNO2/c1-8(11-6-7-12(13)16-11)14-9-4-2-3-5-10(9)15/h6-10,14-15H,2-5H2,1H3. The number of nitrogens with one attached hydrogen (secondary N) is 1. The number of halogens is 1. The Balaban J connectivity index is 1.93. The molecule has 1 aliphatic carbocycles. The van der Waals surface area contributed by atoms with Crippen LogP contribution in [0.4, 0.5) is 0 Å². The van der Waals surface area contributed by atoms with Gasteiger partial charge in [0.05, 0.1) is 12.1 Å². The molecule has 1 saturated carbocycles. The fraction of sp³-hybridized carbons (Fsp3) is 0.667. The smallest absolute Gasteiger partial charge is 0.169 e. The molecule has 0 saturated heterocycles. The van der Waals surface area contributed by atoms with Crippen molar-refractivity contribution in [2.24, 2.45) is 0 Å². The fourth-order valence-electron chi connectivity index (χ4n) is 2.27. The third-order valence-corrected chi connectivity index (χ3v) is 3.64. The molecular formula is C12H18BrNO2. The van der Waals surface area contributed by atoms with Crippen molar-refractivity contribution < 1.29 is 9.52 Å². The maximum absolute atomic E-state index is 9.87. The highest BCUT2D eigenvalue weighted by Crippen LogP contribution is 2.24. The molecule has 16 heavy (non-hydrogen) atoms. The molecule has 0 amide bonds. The molecule has 0 bridgehead atoms. The van der Waals surface area contributed by atoms with Crippen molar-refractivity contribution in [1.82, 2.24) is 5.32 Å². The summed E-state index contributed by atoms with van der Waals surface area (Å²) in [5.74, 6) is 0.907. The van der Waals surface area contributed by atoms with Crippen molar-refractivity contribution >= 4 is 15.9 Å². The predicted octanol–water partition coefficient (Wildman–Crippen LogP) is 3.00. The van der Waals surface area contributed by atoms with Gasteiger partial charge < -0.3 is 14.8 Å². The van der Waals surface area contributed by atoms with Gasteiger partial charge in [-0.05, 0) is 47.8 Å². The van der Waals surface area contributed by atoms with Gasteiger partial charge in [0.15, 0.2) is 4.67 Å². The Kier molecular flexibility index (Phi) is 4.05. The van der Waals surface area contributed by atoms with Gasteiger partial charge >= 0.3 is 0 Å². The van der Waals surface area contributed by atoms with E-state index in [2.05, 4.69) is 28.2 Å². The van der Waals surface area contributed by atoms with Gasteiger partial charge in [-0.3, -0.25) is 0 Å². The topological polar surface area (TPSA) is 45.4 Å². The minimum atomic E-state index is -0.213. The fourth-order valence-corrected chi connectivity index (χ4v) is 2.59. The van der Waals surface area contributed by atoms with E-state index >= 15 is 0 Å². The maximum atomic E-state index is 9.87. The molecule has 2 rings (SSSR count). The maximum Gasteiger partial charge on any atom is 0.169 e. The zero-order chi connectivity index (χ0) is 11.5. The van der Waals surface area contributed by atoms with Crippen LogP contribution < -0.4 is 5.32 Å². The van der Waals surface area contributed by atoms with Crippen LogP contribution in [0.3, 0.4) is 0 Å². The van der Waals surface area contributed by atoms with Gasteiger partial charge in [0.2, 0.25) is 0 Å². The first-order chi connectivity index (χ1) is 7.66. The summed E-state index contributed by atoms with van der Waals surface area (Å²) in [6, 6.07) is 4.19. The molecule has 0 aromatic carbocycles. The molecule has 1 heterocycles. The van der Waals surface area contributed by atoms with Crippen molar-refractivity contribution in [3.8, 4) is 0 Å². The van der Waals surface area contributed by atoms with Crippen LogP contribution in [0.25, 0.3) is 0 Å². The zero-order valence-electron chi connectivity index (χ0n) is 9.45. The summed E-state index contributed by atoms with van der Waals surface area (Å²) in [7, 11) is 0. The Hall–Kier alpha value is -0.320. The van der Waals surface area contributed by atoms with E-state index in [4.69, 9.17) is 4.42 Å². The number of hydrogen-bond acceptors (Lipinski definition) is 3. The Morgan fingerprint density at radius 3 is 2.81 bits per heavy atom. The molecular weight excluding hydrogens is 270 g/mol. The van der Waals surface area contributed by atoms with Crippen LogP contribution in [0.5, 0.6) is 0 Å². The summed E-state index contributed by atoms with van der Waals surface area (Å²) in [6.45, 7) is 2.06. The third-order valence-electron chi connectivity index (χ3n) is 3.21. The number of aliphatic hydroxyl groups excluding tert-OH is 1. The lowest BCUT2D eigenvalue weighted by Gasteiger charge is -2.30. The molecule has 4 heteroatoms. The summed E-state index contributed by atoms with van der Waals surface area (Å²) in [4.78, 5) is 0. The second kappa shape index (κ2) is 5.34. The van der Waals surface area contributed by atoms with E-state index < -0.39 is 0 Å². The van der Waals surface area contributed by atoms with E-state index in [-0.39, 0.29) is 18.2 Å². The van der Waals surface area contributed by atoms with Gasteiger partial charge in [-0.1, -0.05) is 12.8 Å². The molecule has 0 radical (unpaired) electrons. The Labute approximate surface area is 104 Å². The van der Waals surface area contributed by atoms with Gasteiger partial charge in [0.25, 0.3) is 0 Å². The first kappa shape index (κ1) is 12.1. The molecule has 90 valence electrons. The number of rotatable bonds is 3. The second-order valence-corrected chi connectivity index (χ2v) is 5.27. The average molecular weight is 288 g/mol. The van der Waals surface area contributed by atoms with Crippen molar-refractivity contribution in [2.75, 3.05) is 0 Å². The molecule has 1 fully saturated rings. The minimum Gasteiger partial charge on any atom is -0.453 e. The molecule has 1 aliphatic rings. The van der Waals surface area contributed by atoms with Crippen LogP contribution in [0.15, 0.2) is 21.2 Å². The van der Waals surface area contributed by atoms with Gasteiger partial charge in [-0.15, -0.1) is 0 Å². The number of hydrogen-bond donors (Lipinski definition) is 2. The van der Waals surface area contributed by atoms with Crippen molar-refractivity contribution in [3.05, 3.63) is 22.6 Å². The van der Waals surface area contributed by atoms with Crippen LogP contribution in [0.1, 0.15) is 44.4 Å². The molecule has 3 nitrogen and oxygen atoms in total. The second-order valence-electron chi connectivity index (χ2n) is 4.49. The molecule has 0 spiro atoms.